The molecule has 0 atom stereocenters. The lowest BCUT2D eigenvalue weighted by molar-refractivity contribution is -0.120. The van der Waals surface area contributed by atoms with Crippen molar-refractivity contribution in [2.24, 2.45) is 0 Å². The highest BCUT2D eigenvalue weighted by Crippen LogP contribution is 2.23. The predicted molar refractivity (Wildman–Crippen MR) is 140 cm³/mol. The van der Waals surface area contributed by atoms with E-state index in [-0.39, 0.29) is 24.8 Å². The Hall–Kier alpha value is -3.97. The largest absolute Gasteiger partial charge is 0.483 e. The molecule has 0 saturated carbocycles. The van der Waals surface area contributed by atoms with Crippen LogP contribution in [0.15, 0.2) is 90.3 Å². The minimum absolute atomic E-state index is 0.0942. The third kappa shape index (κ3) is 7.01. The minimum atomic E-state index is -0.182. The number of carbonyl (C=O) groups is 2. The number of ether oxygens (including phenoxy) is 1. The van der Waals surface area contributed by atoms with Gasteiger partial charge >= 0.3 is 0 Å². The van der Waals surface area contributed by atoms with Crippen LogP contribution in [0.3, 0.4) is 0 Å². The fourth-order valence-corrected chi connectivity index (χ4v) is 4.41. The number of rotatable bonds is 10. The first-order chi connectivity index (χ1) is 17.1. The second-order valence-electron chi connectivity index (χ2n) is 8.05. The Morgan fingerprint density at radius 1 is 0.943 bits per heavy atom. The summed E-state index contributed by atoms with van der Waals surface area (Å²) in [6.07, 6.45) is 0.812. The van der Waals surface area contributed by atoms with E-state index in [9.17, 15) is 9.59 Å². The maximum atomic E-state index is 13.2. The average Bonchev–Trinajstić information content (AvgIpc) is 3.32. The third-order valence-corrected chi connectivity index (χ3v) is 6.29. The molecule has 6 nitrogen and oxygen atoms in total. The number of aromatic nitrogens is 1. The maximum absolute atomic E-state index is 13.2. The second kappa shape index (κ2) is 11.9. The summed E-state index contributed by atoms with van der Waals surface area (Å²) in [6, 6.07) is 26.9. The van der Waals surface area contributed by atoms with E-state index >= 15 is 0 Å². The standard InChI is InChI=1S/C28H27N3O3S/c1-21-10-8-9-15-25(21)34-19-27(33)31(17-16-22-11-4-2-5-12-22)28-30-24(20-35-28)18-26(32)29-23-13-6-3-7-14-23/h2-15,20H,16-19H2,1H3,(H,29,32). The zero-order chi connectivity index (χ0) is 24.5. The van der Waals surface area contributed by atoms with E-state index in [4.69, 9.17) is 4.74 Å². The molecule has 0 unspecified atom stereocenters. The van der Waals surface area contributed by atoms with Gasteiger partial charge in [-0.2, -0.15) is 0 Å². The molecule has 0 aliphatic rings. The summed E-state index contributed by atoms with van der Waals surface area (Å²) in [6.45, 7) is 2.31. The number of hydrogen-bond acceptors (Lipinski definition) is 5. The molecule has 4 rings (SSSR count). The number of thiazole rings is 1. The quantitative estimate of drug-likeness (QED) is 0.331. The number of anilines is 2. The molecule has 35 heavy (non-hydrogen) atoms. The highest BCUT2D eigenvalue weighted by Gasteiger charge is 2.21. The van der Waals surface area contributed by atoms with Crippen LogP contribution in [-0.2, 0) is 22.4 Å². The molecule has 0 bridgehead atoms. The normalized spacial score (nSPS) is 10.5. The van der Waals surface area contributed by atoms with Crippen LogP contribution >= 0.6 is 11.3 Å². The van der Waals surface area contributed by atoms with Crippen molar-refractivity contribution in [3.8, 4) is 5.75 Å². The maximum Gasteiger partial charge on any atom is 0.266 e. The Kier molecular flexibility index (Phi) is 8.25. The third-order valence-electron chi connectivity index (χ3n) is 5.38. The molecule has 0 spiro atoms. The van der Waals surface area contributed by atoms with Gasteiger partial charge in [0.1, 0.15) is 5.75 Å². The Bertz CT molecular complexity index is 1260. The smallest absolute Gasteiger partial charge is 0.266 e. The van der Waals surface area contributed by atoms with Gasteiger partial charge in [-0.15, -0.1) is 11.3 Å². The summed E-state index contributed by atoms with van der Waals surface area (Å²) in [5.41, 5.74) is 3.46. The van der Waals surface area contributed by atoms with E-state index in [0.29, 0.717) is 29.5 Å². The van der Waals surface area contributed by atoms with Gasteiger partial charge in [0.05, 0.1) is 12.1 Å². The number of amides is 2. The topological polar surface area (TPSA) is 71.5 Å². The predicted octanol–water partition coefficient (Wildman–Crippen LogP) is 5.29. The van der Waals surface area contributed by atoms with Gasteiger partial charge in [-0.25, -0.2) is 4.98 Å². The number of aryl methyl sites for hydroxylation is 1. The van der Waals surface area contributed by atoms with Crippen LogP contribution in [-0.4, -0.2) is 29.9 Å². The zero-order valence-corrected chi connectivity index (χ0v) is 20.3. The molecular weight excluding hydrogens is 458 g/mol. The van der Waals surface area contributed by atoms with Crippen molar-refractivity contribution in [2.45, 2.75) is 19.8 Å². The molecule has 3 aromatic carbocycles. The van der Waals surface area contributed by atoms with Crippen LogP contribution in [0.2, 0.25) is 0 Å². The molecule has 178 valence electrons. The van der Waals surface area contributed by atoms with Gasteiger partial charge in [0.25, 0.3) is 5.91 Å². The van der Waals surface area contributed by atoms with Crippen LogP contribution in [0.1, 0.15) is 16.8 Å². The highest BCUT2D eigenvalue weighted by atomic mass is 32.1. The molecule has 1 aromatic heterocycles. The molecule has 7 heteroatoms. The lowest BCUT2D eigenvalue weighted by atomic mass is 10.1. The van der Waals surface area contributed by atoms with Gasteiger partial charge in [0.2, 0.25) is 5.91 Å². The highest BCUT2D eigenvalue weighted by molar-refractivity contribution is 7.14. The number of nitrogens with zero attached hydrogens (tertiary/aromatic N) is 2. The van der Waals surface area contributed by atoms with Gasteiger partial charge in [-0.05, 0) is 42.7 Å². The fourth-order valence-electron chi connectivity index (χ4n) is 3.54. The molecule has 2 amide bonds. The summed E-state index contributed by atoms with van der Waals surface area (Å²) < 4.78 is 5.81. The van der Waals surface area contributed by atoms with E-state index < -0.39 is 0 Å². The minimum Gasteiger partial charge on any atom is -0.483 e. The fraction of sp³-hybridized carbons (Fsp3) is 0.179. The number of carbonyl (C=O) groups excluding carboxylic acids is 2. The average molecular weight is 486 g/mol. The van der Waals surface area contributed by atoms with Crippen LogP contribution in [0.5, 0.6) is 5.75 Å². The van der Waals surface area contributed by atoms with Gasteiger partial charge in [-0.1, -0.05) is 66.7 Å². The first-order valence-corrected chi connectivity index (χ1v) is 12.3. The molecule has 0 fully saturated rings. The van der Waals surface area contributed by atoms with E-state index in [2.05, 4.69) is 10.3 Å². The van der Waals surface area contributed by atoms with Crippen LogP contribution in [0, 0.1) is 6.92 Å². The lowest BCUT2D eigenvalue weighted by Gasteiger charge is -2.20. The summed E-state index contributed by atoms with van der Waals surface area (Å²) in [4.78, 5) is 31.9. The van der Waals surface area contributed by atoms with Crippen molar-refractivity contribution in [3.05, 3.63) is 107 Å². The van der Waals surface area contributed by atoms with Crippen LogP contribution in [0.4, 0.5) is 10.8 Å². The van der Waals surface area contributed by atoms with E-state index in [0.717, 1.165) is 16.8 Å². The number of hydrogen-bond donors (Lipinski definition) is 1. The Balaban J connectivity index is 1.45. The van der Waals surface area contributed by atoms with Crippen LogP contribution < -0.4 is 15.0 Å². The summed E-state index contributed by atoms with van der Waals surface area (Å²) in [5.74, 6) is 0.346. The monoisotopic (exact) mass is 485 g/mol. The van der Waals surface area contributed by atoms with Crippen molar-refractivity contribution < 1.29 is 14.3 Å². The van der Waals surface area contributed by atoms with Crippen molar-refractivity contribution in [3.63, 3.8) is 0 Å². The molecule has 1 N–H and O–H groups in total. The molecule has 0 saturated heterocycles. The van der Waals surface area contributed by atoms with E-state index in [1.807, 2.05) is 97.2 Å². The molecule has 0 aliphatic heterocycles. The van der Waals surface area contributed by atoms with Gasteiger partial charge in [0, 0.05) is 17.6 Å². The van der Waals surface area contributed by atoms with Crippen molar-refractivity contribution in [2.75, 3.05) is 23.4 Å². The molecule has 4 aromatic rings. The summed E-state index contributed by atoms with van der Waals surface area (Å²) in [5, 5.41) is 5.25. The first-order valence-electron chi connectivity index (χ1n) is 11.4. The summed E-state index contributed by atoms with van der Waals surface area (Å²) >= 11 is 1.35. The van der Waals surface area contributed by atoms with Gasteiger partial charge < -0.3 is 10.1 Å². The van der Waals surface area contributed by atoms with Crippen molar-refractivity contribution in [1.29, 1.82) is 0 Å². The second-order valence-corrected chi connectivity index (χ2v) is 8.88. The van der Waals surface area contributed by atoms with Crippen LogP contribution in [0.25, 0.3) is 0 Å². The number of benzene rings is 3. The molecule has 0 aliphatic carbocycles. The SMILES string of the molecule is Cc1ccccc1OCC(=O)N(CCc1ccccc1)c1nc(CC(=O)Nc2ccccc2)cs1. The Morgan fingerprint density at radius 3 is 2.37 bits per heavy atom. The van der Waals surface area contributed by atoms with Crippen molar-refractivity contribution in [1.82, 2.24) is 4.98 Å². The molecular formula is C28H27N3O3S. The zero-order valence-electron chi connectivity index (χ0n) is 19.5. The molecule has 0 radical (unpaired) electrons. The molecule has 1 heterocycles. The van der Waals surface area contributed by atoms with E-state index in [1.165, 1.54) is 11.3 Å². The number of para-hydroxylation sites is 2. The van der Waals surface area contributed by atoms with Gasteiger partial charge in [-0.3, -0.25) is 14.5 Å². The Labute approximate surface area is 209 Å². The van der Waals surface area contributed by atoms with Crippen molar-refractivity contribution >= 4 is 34.0 Å². The van der Waals surface area contributed by atoms with Gasteiger partial charge in [0.15, 0.2) is 11.7 Å². The summed E-state index contributed by atoms with van der Waals surface area (Å²) in [7, 11) is 0. The lowest BCUT2D eigenvalue weighted by Crippen LogP contribution is -2.36. The first kappa shape index (κ1) is 24.2. The number of nitrogens with one attached hydrogen (secondary N) is 1. The van der Waals surface area contributed by atoms with E-state index in [1.54, 1.807) is 4.90 Å². The Morgan fingerprint density at radius 2 is 1.63 bits per heavy atom.